The third-order valence-electron chi connectivity index (χ3n) is 3.84. The lowest BCUT2D eigenvalue weighted by Crippen LogP contribution is -2.26. The molecule has 1 aromatic heterocycles. The third-order valence-corrected chi connectivity index (χ3v) is 4.97. The maximum atomic E-state index is 13.3. The molecule has 0 aliphatic heterocycles. The normalized spacial score (nSPS) is 11.3. The molecule has 0 aliphatic carbocycles. The van der Waals surface area contributed by atoms with Crippen LogP contribution >= 0.6 is 0 Å². The molecular weight excluding hydrogens is 357 g/mol. The monoisotopic (exact) mass is 373 g/mol. The van der Waals surface area contributed by atoms with Crippen molar-refractivity contribution in [3.63, 3.8) is 0 Å². The smallest absolute Gasteiger partial charge is 0.278 e. The van der Waals surface area contributed by atoms with Gasteiger partial charge in [-0.2, -0.15) is 5.10 Å². The van der Waals surface area contributed by atoms with Crippen LogP contribution in [0.2, 0.25) is 0 Å². The first kappa shape index (κ1) is 17.8. The van der Waals surface area contributed by atoms with Crippen LogP contribution in [0.25, 0.3) is 5.69 Å². The van der Waals surface area contributed by atoms with E-state index in [0.717, 1.165) is 6.26 Å². The fraction of sp³-hybridized carbons (Fsp3) is 0.111. The fourth-order valence-corrected chi connectivity index (χ4v) is 3.04. The average Bonchev–Trinajstić information content (AvgIpc) is 3.10. The van der Waals surface area contributed by atoms with E-state index >= 15 is 0 Å². The Morgan fingerprint density at radius 3 is 2.42 bits per heavy atom. The highest BCUT2D eigenvalue weighted by Gasteiger charge is 2.17. The zero-order valence-corrected chi connectivity index (χ0v) is 14.9. The van der Waals surface area contributed by atoms with E-state index < -0.39 is 15.7 Å². The molecule has 0 spiro atoms. The molecule has 0 saturated heterocycles. The van der Waals surface area contributed by atoms with E-state index in [9.17, 15) is 17.6 Å². The van der Waals surface area contributed by atoms with Gasteiger partial charge < -0.3 is 4.90 Å². The molecule has 3 rings (SSSR count). The standard InChI is InChI=1S/C18H16FN3O3S/c1-21(14-6-8-16(9-7-14)26(2,24)25)18(23)17-10-11-22(20-17)15-5-3-4-13(19)12-15/h3-12H,1-2H3. The summed E-state index contributed by atoms with van der Waals surface area (Å²) in [5.41, 5.74) is 1.22. The van der Waals surface area contributed by atoms with E-state index in [2.05, 4.69) is 5.10 Å². The second kappa shape index (κ2) is 6.72. The largest absolute Gasteiger partial charge is 0.310 e. The Bertz CT molecular complexity index is 1060. The topological polar surface area (TPSA) is 72.3 Å². The lowest BCUT2D eigenvalue weighted by molar-refractivity contribution is 0.0988. The van der Waals surface area contributed by atoms with Gasteiger partial charge in [-0.15, -0.1) is 0 Å². The molecule has 0 fully saturated rings. The van der Waals surface area contributed by atoms with Crippen molar-refractivity contribution >= 4 is 21.4 Å². The van der Waals surface area contributed by atoms with Crippen molar-refractivity contribution in [3.8, 4) is 5.69 Å². The van der Waals surface area contributed by atoms with E-state index in [1.54, 1.807) is 37.5 Å². The summed E-state index contributed by atoms with van der Waals surface area (Å²) in [6.45, 7) is 0. The molecule has 6 nitrogen and oxygen atoms in total. The zero-order valence-electron chi connectivity index (χ0n) is 14.1. The van der Waals surface area contributed by atoms with E-state index in [-0.39, 0.29) is 16.5 Å². The molecule has 0 atom stereocenters. The quantitative estimate of drug-likeness (QED) is 0.705. The van der Waals surface area contributed by atoms with Crippen LogP contribution in [0.3, 0.4) is 0 Å². The van der Waals surface area contributed by atoms with Crippen LogP contribution in [0.1, 0.15) is 10.5 Å². The number of amides is 1. The van der Waals surface area contributed by atoms with Gasteiger partial charge in [0.05, 0.1) is 10.6 Å². The van der Waals surface area contributed by atoms with Crippen molar-refractivity contribution < 1.29 is 17.6 Å². The molecule has 134 valence electrons. The summed E-state index contributed by atoms with van der Waals surface area (Å²) in [6.07, 6.45) is 2.69. The van der Waals surface area contributed by atoms with Gasteiger partial charge >= 0.3 is 0 Å². The number of carbonyl (C=O) groups excluding carboxylic acids is 1. The molecule has 0 aliphatic rings. The number of nitrogens with zero attached hydrogens (tertiary/aromatic N) is 3. The molecule has 0 radical (unpaired) electrons. The van der Waals surface area contributed by atoms with Crippen molar-refractivity contribution in [3.05, 3.63) is 72.3 Å². The summed E-state index contributed by atoms with van der Waals surface area (Å²) >= 11 is 0. The Labute approximate surface area is 150 Å². The number of rotatable bonds is 4. The van der Waals surface area contributed by atoms with Crippen LogP contribution in [0, 0.1) is 5.82 Å². The first-order valence-electron chi connectivity index (χ1n) is 7.65. The minimum atomic E-state index is -3.30. The molecule has 0 N–H and O–H groups in total. The van der Waals surface area contributed by atoms with Gasteiger partial charge in [0.1, 0.15) is 5.82 Å². The van der Waals surface area contributed by atoms with Gasteiger partial charge in [0.2, 0.25) is 0 Å². The number of aromatic nitrogens is 2. The van der Waals surface area contributed by atoms with Crippen LogP contribution in [-0.4, -0.2) is 37.4 Å². The molecule has 0 bridgehead atoms. The number of hydrogen-bond donors (Lipinski definition) is 0. The summed E-state index contributed by atoms with van der Waals surface area (Å²) < 4.78 is 37.8. The van der Waals surface area contributed by atoms with Gasteiger partial charge in [-0.1, -0.05) is 6.07 Å². The predicted molar refractivity (Wildman–Crippen MR) is 95.8 cm³/mol. The fourth-order valence-electron chi connectivity index (χ4n) is 2.41. The summed E-state index contributed by atoms with van der Waals surface area (Å²) in [5, 5.41) is 4.19. The SMILES string of the molecule is CN(C(=O)c1ccn(-c2cccc(F)c2)n1)c1ccc(S(C)(=O)=O)cc1. The zero-order chi connectivity index (χ0) is 18.9. The number of benzene rings is 2. The Kier molecular flexibility index (Phi) is 4.60. The number of carbonyl (C=O) groups is 1. The summed E-state index contributed by atoms with van der Waals surface area (Å²) in [4.78, 5) is 14.1. The minimum absolute atomic E-state index is 0.178. The molecule has 1 heterocycles. The second-order valence-corrected chi connectivity index (χ2v) is 7.77. The Morgan fingerprint density at radius 1 is 1.12 bits per heavy atom. The van der Waals surface area contributed by atoms with Crippen molar-refractivity contribution in [2.45, 2.75) is 4.90 Å². The van der Waals surface area contributed by atoms with Crippen molar-refractivity contribution in [2.75, 3.05) is 18.2 Å². The van der Waals surface area contributed by atoms with Gasteiger partial charge in [0, 0.05) is 25.2 Å². The lowest BCUT2D eigenvalue weighted by Gasteiger charge is -2.16. The van der Waals surface area contributed by atoms with Gasteiger partial charge in [-0.3, -0.25) is 4.79 Å². The maximum absolute atomic E-state index is 13.3. The van der Waals surface area contributed by atoms with Crippen LogP contribution < -0.4 is 4.90 Å². The van der Waals surface area contributed by atoms with Crippen LogP contribution in [0.15, 0.2) is 65.7 Å². The second-order valence-electron chi connectivity index (χ2n) is 5.76. The Hall–Kier alpha value is -3.00. The molecular formula is C18H16FN3O3S. The van der Waals surface area contributed by atoms with Crippen molar-refractivity contribution in [1.29, 1.82) is 0 Å². The highest BCUT2D eigenvalue weighted by molar-refractivity contribution is 7.90. The van der Waals surface area contributed by atoms with E-state index in [0.29, 0.717) is 11.4 Å². The average molecular weight is 373 g/mol. The van der Waals surface area contributed by atoms with Crippen LogP contribution in [0.5, 0.6) is 0 Å². The van der Waals surface area contributed by atoms with E-state index in [4.69, 9.17) is 0 Å². The highest BCUT2D eigenvalue weighted by Crippen LogP contribution is 2.19. The first-order chi connectivity index (χ1) is 12.3. The summed E-state index contributed by atoms with van der Waals surface area (Å²) in [6, 6.07) is 13.4. The summed E-state index contributed by atoms with van der Waals surface area (Å²) in [7, 11) is -1.73. The highest BCUT2D eigenvalue weighted by atomic mass is 32.2. The molecule has 0 saturated carbocycles. The van der Waals surface area contributed by atoms with Crippen molar-refractivity contribution in [1.82, 2.24) is 9.78 Å². The van der Waals surface area contributed by atoms with Crippen LogP contribution in [0.4, 0.5) is 10.1 Å². The van der Waals surface area contributed by atoms with E-state index in [1.807, 2.05) is 0 Å². The number of halogens is 1. The van der Waals surface area contributed by atoms with E-state index in [1.165, 1.54) is 39.9 Å². The third kappa shape index (κ3) is 3.65. The minimum Gasteiger partial charge on any atom is -0.310 e. The van der Waals surface area contributed by atoms with Gasteiger partial charge in [-0.25, -0.2) is 17.5 Å². The van der Waals surface area contributed by atoms with Crippen molar-refractivity contribution in [2.24, 2.45) is 0 Å². The molecule has 3 aromatic rings. The number of sulfone groups is 1. The van der Waals surface area contributed by atoms with Gasteiger partial charge in [-0.05, 0) is 48.5 Å². The van der Waals surface area contributed by atoms with Gasteiger partial charge in [0.25, 0.3) is 5.91 Å². The number of anilines is 1. The predicted octanol–water partition coefficient (Wildman–Crippen LogP) is 2.69. The molecule has 0 unspecified atom stereocenters. The Balaban J connectivity index is 1.83. The van der Waals surface area contributed by atoms with Gasteiger partial charge in [0.15, 0.2) is 15.5 Å². The molecule has 1 amide bonds. The Morgan fingerprint density at radius 2 is 1.81 bits per heavy atom. The molecule has 2 aromatic carbocycles. The summed E-state index contributed by atoms with van der Waals surface area (Å²) in [5.74, 6) is -0.763. The first-order valence-corrected chi connectivity index (χ1v) is 9.54. The molecule has 26 heavy (non-hydrogen) atoms. The molecule has 8 heteroatoms. The lowest BCUT2D eigenvalue weighted by atomic mass is 10.3. The maximum Gasteiger partial charge on any atom is 0.278 e. The van der Waals surface area contributed by atoms with Crippen LogP contribution in [-0.2, 0) is 9.84 Å². The number of hydrogen-bond acceptors (Lipinski definition) is 4.